The molecule has 7 heteroatoms. The lowest BCUT2D eigenvalue weighted by molar-refractivity contribution is 0.0691. The standard InChI is InChI=1S/C10H10N4O3/c1-17-8-4-6(2-3-12-8)14-5-7(11)9(13-14)10(15)16/h2-5H,11H2,1H3,(H,15,16). The van der Waals surface area contributed by atoms with E-state index in [2.05, 4.69) is 10.1 Å². The van der Waals surface area contributed by atoms with E-state index < -0.39 is 5.97 Å². The third-order valence-corrected chi connectivity index (χ3v) is 2.14. The summed E-state index contributed by atoms with van der Waals surface area (Å²) in [5.41, 5.74) is 6.09. The van der Waals surface area contributed by atoms with E-state index in [1.54, 1.807) is 12.1 Å². The fourth-order valence-electron chi connectivity index (χ4n) is 1.34. The van der Waals surface area contributed by atoms with E-state index in [0.29, 0.717) is 11.6 Å². The average Bonchev–Trinajstić information content (AvgIpc) is 2.71. The number of nitrogen functional groups attached to an aromatic ring is 1. The van der Waals surface area contributed by atoms with Crippen molar-refractivity contribution in [2.24, 2.45) is 0 Å². The van der Waals surface area contributed by atoms with Crippen molar-refractivity contribution in [3.8, 4) is 11.6 Å². The summed E-state index contributed by atoms with van der Waals surface area (Å²) in [6.07, 6.45) is 2.96. The van der Waals surface area contributed by atoms with Crippen LogP contribution in [0.2, 0.25) is 0 Å². The predicted molar refractivity (Wildman–Crippen MR) is 59.3 cm³/mol. The Morgan fingerprint density at radius 1 is 1.59 bits per heavy atom. The number of pyridine rings is 1. The van der Waals surface area contributed by atoms with Crippen molar-refractivity contribution in [3.05, 3.63) is 30.2 Å². The van der Waals surface area contributed by atoms with Crippen LogP contribution in [-0.2, 0) is 0 Å². The van der Waals surface area contributed by atoms with Gasteiger partial charge in [0.1, 0.15) is 0 Å². The lowest BCUT2D eigenvalue weighted by atomic mass is 10.4. The summed E-state index contributed by atoms with van der Waals surface area (Å²) in [7, 11) is 1.49. The highest BCUT2D eigenvalue weighted by molar-refractivity contribution is 5.91. The van der Waals surface area contributed by atoms with Crippen molar-refractivity contribution in [2.75, 3.05) is 12.8 Å². The van der Waals surface area contributed by atoms with E-state index in [1.807, 2.05) is 0 Å². The minimum absolute atomic E-state index is 0.105. The molecule has 3 N–H and O–H groups in total. The Morgan fingerprint density at radius 2 is 2.35 bits per heavy atom. The average molecular weight is 234 g/mol. The molecule has 0 aliphatic rings. The molecule has 0 amide bonds. The van der Waals surface area contributed by atoms with Gasteiger partial charge in [0.25, 0.3) is 0 Å². The molecule has 2 aromatic heterocycles. The van der Waals surface area contributed by atoms with Gasteiger partial charge in [-0.25, -0.2) is 14.5 Å². The number of nitrogens with zero attached hydrogens (tertiary/aromatic N) is 3. The van der Waals surface area contributed by atoms with Crippen LogP contribution in [0.25, 0.3) is 5.69 Å². The van der Waals surface area contributed by atoms with Crippen molar-refractivity contribution in [1.29, 1.82) is 0 Å². The number of rotatable bonds is 3. The quantitative estimate of drug-likeness (QED) is 0.804. The van der Waals surface area contributed by atoms with Crippen LogP contribution in [-0.4, -0.2) is 33.0 Å². The van der Waals surface area contributed by atoms with E-state index in [9.17, 15) is 4.79 Å². The highest BCUT2D eigenvalue weighted by Gasteiger charge is 2.14. The predicted octanol–water partition coefficient (Wildman–Crippen LogP) is 0.556. The van der Waals surface area contributed by atoms with Crippen LogP contribution in [0.5, 0.6) is 5.88 Å². The molecular weight excluding hydrogens is 224 g/mol. The summed E-state index contributed by atoms with van der Waals surface area (Å²) < 4.78 is 6.33. The molecule has 0 aliphatic heterocycles. The molecule has 0 saturated heterocycles. The van der Waals surface area contributed by atoms with Gasteiger partial charge >= 0.3 is 5.97 Å². The summed E-state index contributed by atoms with van der Waals surface area (Å²) in [4.78, 5) is 14.7. The zero-order valence-electron chi connectivity index (χ0n) is 8.99. The molecule has 0 unspecified atom stereocenters. The van der Waals surface area contributed by atoms with Gasteiger partial charge in [0.15, 0.2) is 5.69 Å². The van der Waals surface area contributed by atoms with Crippen LogP contribution in [0.15, 0.2) is 24.5 Å². The van der Waals surface area contributed by atoms with Gasteiger partial charge in [-0.2, -0.15) is 5.10 Å². The number of carbonyl (C=O) groups is 1. The van der Waals surface area contributed by atoms with Crippen LogP contribution in [0.4, 0.5) is 5.69 Å². The lowest BCUT2D eigenvalue weighted by Gasteiger charge is -2.02. The first kappa shape index (κ1) is 10.9. The fraction of sp³-hybridized carbons (Fsp3) is 0.100. The normalized spacial score (nSPS) is 10.2. The Labute approximate surface area is 96.5 Å². The Balaban J connectivity index is 2.46. The maximum atomic E-state index is 10.8. The van der Waals surface area contributed by atoms with Crippen LogP contribution in [0.1, 0.15) is 10.5 Å². The molecule has 0 aromatic carbocycles. The molecule has 0 saturated carbocycles. The first-order valence-electron chi connectivity index (χ1n) is 4.70. The number of carboxylic acid groups (broad SMARTS) is 1. The second-order valence-corrected chi connectivity index (χ2v) is 3.24. The molecule has 2 rings (SSSR count). The van der Waals surface area contributed by atoms with Crippen molar-refractivity contribution < 1.29 is 14.6 Å². The number of methoxy groups -OCH3 is 1. The smallest absolute Gasteiger partial charge is 0.358 e. The second-order valence-electron chi connectivity index (χ2n) is 3.24. The number of aromatic carboxylic acids is 1. The van der Waals surface area contributed by atoms with Crippen LogP contribution < -0.4 is 10.5 Å². The minimum Gasteiger partial charge on any atom is -0.481 e. The third-order valence-electron chi connectivity index (χ3n) is 2.14. The Morgan fingerprint density at radius 3 is 2.94 bits per heavy atom. The van der Waals surface area contributed by atoms with Gasteiger partial charge in [-0.1, -0.05) is 0 Å². The first-order valence-corrected chi connectivity index (χ1v) is 4.70. The molecule has 2 aromatic rings. The van der Waals surface area contributed by atoms with Crippen LogP contribution in [0.3, 0.4) is 0 Å². The molecule has 0 radical (unpaired) electrons. The van der Waals surface area contributed by atoms with Crippen molar-refractivity contribution in [1.82, 2.24) is 14.8 Å². The van der Waals surface area contributed by atoms with E-state index in [1.165, 1.54) is 24.2 Å². The Bertz CT molecular complexity index is 564. The largest absolute Gasteiger partial charge is 0.481 e. The molecule has 88 valence electrons. The SMILES string of the molecule is COc1cc(-n2cc(N)c(C(=O)O)n2)ccn1. The fourth-order valence-corrected chi connectivity index (χ4v) is 1.34. The number of carboxylic acids is 1. The molecular formula is C10H10N4O3. The highest BCUT2D eigenvalue weighted by atomic mass is 16.5. The van der Waals surface area contributed by atoms with Crippen molar-refractivity contribution >= 4 is 11.7 Å². The topological polar surface area (TPSA) is 103 Å². The van der Waals surface area contributed by atoms with Gasteiger partial charge in [0, 0.05) is 12.3 Å². The molecule has 0 spiro atoms. The van der Waals surface area contributed by atoms with Gasteiger partial charge in [0.2, 0.25) is 5.88 Å². The van der Waals surface area contributed by atoms with Gasteiger partial charge in [-0.15, -0.1) is 0 Å². The molecule has 0 fully saturated rings. The monoisotopic (exact) mass is 234 g/mol. The molecule has 0 bridgehead atoms. The summed E-state index contributed by atoms with van der Waals surface area (Å²) in [6.45, 7) is 0. The minimum atomic E-state index is -1.16. The van der Waals surface area contributed by atoms with E-state index in [4.69, 9.17) is 15.6 Å². The molecule has 7 nitrogen and oxygen atoms in total. The number of hydrogen-bond acceptors (Lipinski definition) is 5. The van der Waals surface area contributed by atoms with Crippen LogP contribution in [0, 0.1) is 0 Å². The van der Waals surface area contributed by atoms with Gasteiger partial charge in [0.05, 0.1) is 24.7 Å². The Hall–Kier alpha value is -2.57. The number of ether oxygens (including phenoxy) is 1. The van der Waals surface area contributed by atoms with Crippen molar-refractivity contribution in [2.45, 2.75) is 0 Å². The molecule has 0 atom stereocenters. The van der Waals surface area contributed by atoms with Gasteiger partial charge in [-0.05, 0) is 6.07 Å². The summed E-state index contributed by atoms with van der Waals surface area (Å²) in [6, 6.07) is 3.29. The summed E-state index contributed by atoms with van der Waals surface area (Å²) >= 11 is 0. The zero-order chi connectivity index (χ0) is 12.4. The maximum absolute atomic E-state index is 10.8. The molecule has 17 heavy (non-hydrogen) atoms. The third kappa shape index (κ3) is 2.03. The molecule has 0 aliphatic carbocycles. The zero-order valence-corrected chi connectivity index (χ0v) is 8.99. The number of anilines is 1. The number of aromatic nitrogens is 3. The Kier molecular flexibility index (Phi) is 2.65. The summed E-state index contributed by atoms with van der Waals surface area (Å²) in [5.74, 6) is -0.754. The molecule has 2 heterocycles. The number of nitrogens with two attached hydrogens (primary N) is 1. The van der Waals surface area contributed by atoms with Crippen molar-refractivity contribution in [3.63, 3.8) is 0 Å². The van der Waals surface area contributed by atoms with Gasteiger partial charge in [-0.3, -0.25) is 0 Å². The van der Waals surface area contributed by atoms with E-state index in [-0.39, 0.29) is 11.4 Å². The van der Waals surface area contributed by atoms with Crippen LogP contribution >= 0.6 is 0 Å². The number of hydrogen-bond donors (Lipinski definition) is 2. The van der Waals surface area contributed by atoms with E-state index >= 15 is 0 Å². The summed E-state index contributed by atoms with van der Waals surface area (Å²) in [5, 5.41) is 12.7. The van der Waals surface area contributed by atoms with E-state index in [0.717, 1.165) is 0 Å². The second kappa shape index (κ2) is 4.12. The lowest BCUT2D eigenvalue weighted by Crippen LogP contribution is -2.02. The first-order chi connectivity index (χ1) is 8.11. The maximum Gasteiger partial charge on any atom is 0.358 e. The highest BCUT2D eigenvalue weighted by Crippen LogP contribution is 2.16. The van der Waals surface area contributed by atoms with Gasteiger partial charge < -0.3 is 15.6 Å².